The molecule has 92 valence electrons. The molecule has 0 saturated carbocycles. The van der Waals surface area contributed by atoms with Crippen molar-refractivity contribution >= 4 is 11.4 Å². The summed E-state index contributed by atoms with van der Waals surface area (Å²) in [7, 11) is 0. The molecule has 0 radical (unpaired) electrons. The van der Waals surface area contributed by atoms with E-state index in [0.717, 1.165) is 11.3 Å². The van der Waals surface area contributed by atoms with Crippen LogP contribution in [0.4, 0.5) is 11.4 Å². The van der Waals surface area contributed by atoms with Gasteiger partial charge in [0.15, 0.2) is 0 Å². The molecule has 0 saturated heterocycles. The highest BCUT2D eigenvalue weighted by atomic mass is 16.6. The Morgan fingerprint density at radius 1 is 1.17 bits per heavy atom. The van der Waals surface area contributed by atoms with Crippen LogP contribution in [0.15, 0.2) is 48.8 Å². The molecule has 1 heterocycles. The number of non-ortho nitro benzene ring substituents is 1. The Labute approximate surface area is 105 Å². The monoisotopic (exact) mass is 243 g/mol. The zero-order valence-electron chi connectivity index (χ0n) is 9.91. The molecule has 0 aliphatic rings. The van der Waals surface area contributed by atoms with Gasteiger partial charge in [-0.15, -0.1) is 0 Å². The Morgan fingerprint density at radius 3 is 2.33 bits per heavy atom. The lowest BCUT2D eigenvalue weighted by Crippen LogP contribution is -2.06. The second-order valence-corrected chi connectivity index (χ2v) is 3.95. The molecule has 18 heavy (non-hydrogen) atoms. The molecule has 5 heteroatoms. The molecule has 0 unspecified atom stereocenters. The number of nitrogens with one attached hydrogen (secondary N) is 1. The summed E-state index contributed by atoms with van der Waals surface area (Å²) in [5.41, 5.74) is 2.06. The fourth-order valence-electron chi connectivity index (χ4n) is 1.66. The van der Waals surface area contributed by atoms with E-state index in [0.29, 0.717) is 0 Å². The summed E-state index contributed by atoms with van der Waals surface area (Å²) in [6, 6.07) is 10.4. The van der Waals surface area contributed by atoms with Gasteiger partial charge in [0.05, 0.1) is 4.92 Å². The highest BCUT2D eigenvalue weighted by Gasteiger charge is 2.07. The first kappa shape index (κ1) is 12.0. The van der Waals surface area contributed by atoms with Crippen molar-refractivity contribution in [2.75, 3.05) is 5.32 Å². The van der Waals surface area contributed by atoms with Gasteiger partial charge in [0.2, 0.25) is 0 Å². The number of hydrogen-bond donors (Lipinski definition) is 1. The van der Waals surface area contributed by atoms with E-state index in [1.807, 2.05) is 19.1 Å². The van der Waals surface area contributed by atoms with Gasteiger partial charge in [-0.1, -0.05) is 0 Å². The molecule has 0 amide bonds. The number of nitrogens with zero attached hydrogens (tertiary/aromatic N) is 2. The van der Waals surface area contributed by atoms with Gasteiger partial charge in [0.1, 0.15) is 0 Å². The zero-order valence-corrected chi connectivity index (χ0v) is 9.91. The molecule has 0 bridgehead atoms. The Morgan fingerprint density at radius 2 is 1.78 bits per heavy atom. The molecule has 0 fully saturated rings. The first-order chi connectivity index (χ1) is 8.66. The maximum atomic E-state index is 10.5. The third-order valence-corrected chi connectivity index (χ3v) is 2.67. The quantitative estimate of drug-likeness (QED) is 0.661. The maximum Gasteiger partial charge on any atom is 0.269 e. The number of pyridine rings is 1. The SMILES string of the molecule is C[C@@H](Nc1ccc([N+](=O)[O-])cc1)c1ccncc1. The minimum absolute atomic E-state index is 0.0946. The van der Waals surface area contributed by atoms with Gasteiger partial charge in [-0.2, -0.15) is 0 Å². The van der Waals surface area contributed by atoms with E-state index >= 15 is 0 Å². The predicted octanol–water partition coefficient (Wildman–Crippen LogP) is 3.16. The lowest BCUT2D eigenvalue weighted by atomic mass is 10.1. The van der Waals surface area contributed by atoms with Crippen LogP contribution in [-0.4, -0.2) is 9.91 Å². The lowest BCUT2D eigenvalue weighted by Gasteiger charge is -2.15. The van der Waals surface area contributed by atoms with Crippen molar-refractivity contribution in [1.82, 2.24) is 4.98 Å². The summed E-state index contributed by atoms with van der Waals surface area (Å²) >= 11 is 0. The molecule has 0 spiro atoms. The number of benzene rings is 1. The number of nitro benzene ring substituents is 1. The molecule has 0 aliphatic heterocycles. The molecule has 1 atom stereocenters. The van der Waals surface area contributed by atoms with Crippen molar-refractivity contribution in [3.8, 4) is 0 Å². The Balaban J connectivity index is 2.08. The minimum atomic E-state index is -0.407. The Kier molecular flexibility index (Phi) is 3.52. The van der Waals surface area contributed by atoms with Crippen molar-refractivity contribution in [1.29, 1.82) is 0 Å². The fraction of sp³-hybridized carbons (Fsp3) is 0.154. The highest BCUT2D eigenvalue weighted by molar-refractivity contribution is 5.49. The van der Waals surface area contributed by atoms with E-state index in [9.17, 15) is 10.1 Å². The molecule has 5 nitrogen and oxygen atoms in total. The van der Waals surface area contributed by atoms with Crippen molar-refractivity contribution in [3.05, 3.63) is 64.5 Å². The van der Waals surface area contributed by atoms with Gasteiger partial charge in [-0.25, -0.2) is 0 Å². The van der Waals surface area contributed by atoms with Crippen LogP contribution in [0.1, 0.15) is 18.5 Å². The average Bonchev–Trinajstić information content (AvgIpc) is 2.40. The largest absolute Gasteiger partial charge is 0.379 e. The number of anilines is 1. The summed E-state index contributed by atoms with van der Waals surface area (Å²) in [6.45, 7) is 2.02. The molecular weight excluding hydrogens is 230 g/mol. The average molecular weight is 243 g/mol. The summed E-state index contributed by atoms with van der Waals surface area (Å²) in [4.78, 5) is 14.1. The van der Waals surface area contributed by atoms with Crippen LogP contribution >= 0.6 is 0 Å². The molecule has 2 aromatic rings. The number of nitro groups is 1. The normalized spacial score (nSPS) is 11.8. The van der Waals surface area contributed by atoms with Gasteiger partial charge in [0, 0.05) is 36.3 Å². The number of rotatable bonds is 4. The van der Waals surface area contributed by atoms with E-state index < -0.39 is 4.92 Å². The van der Waals surface area contributed by atoms with E-state index in [-0.39, 0.29) is 11.7 Å². The maximum absolute atomic E-state index is 10.5. The molecule has 1 aromatic heterocycles. The van der Waals surface area contributed by atoms with Crippen LogP contribution in [0, 0.1) is 10.1 Å². The summed E-state index contributed by atoms with van der Waals surface area (Å²) in [6.07, 6.45) is 3.48. The van der Waals surface area contributed by atoms with Crippen molar-refractivity contribution < 1.29 is 4.92 Å². The summed E-state index contributed by atoms with van der Waals surface area (Å²) < 4.78 is 0. The first-order valence-electron chi connectivity index (χ1n) is 5.58. The standard InChI is InChI=1S/C13H13N3O2/c1-10(11-6-8-14-9-7-11)15-12-2-4-13(5-3-12)16(17)18/h2-10,15H,1H3/t10-/m1/s1. The number of hydrogen-bond acceptors (Lipinski definition) is 4. The van der Waals surface area contributed by atoms with Gasteiger partial charge < -0.3 is 5.32 Å². The summed E-state index contributed by atoms with van der Waals surface area (Å²) in [5.74, 6) is 0. The van der Waals surface area contributed by atoms with Gasteiger partial charge in [-0.3, -0.25) is 15.1 Å². The molecule has 1 N–H and O–H groups in total. The van der Waals surface area contributed by atoms with E-state index in [1.165, 1.54) is 12.1 Å². The van der Waals surface area contributed by atoms with Crippen LogP contribution in [-0.2, 0) is 0 Å². The van der Waals surface area contributed by atoms with E-state index in [4.69, 9.17) is 0 Å². The zero-order chi connectivity index (χ0) is 13.0. The first-order valence-corrected chi connectivity index (χ1v) is 5.58. The highest BCUT2D eigenvalue weighted by Crippen LogP contribution is 2.20. The van der Waals surface area contributed by atoms with E-state index in [2.05, 4.69) is 10.3 Å². The minimum Gasteiger partial charge on any atom is -0.379 e. The van der Waals surface area contributed by atoms with Crippen molar-refractivity contribution in [2.24, 2.45) is 0 Å². The number of aromatic nitrogens is 1. The smallest absolute Gasteiger partial charge is 0.269 e. The molecule has 0 aliphatic carbocycles. The van der Waals surface area contributed by atoms with Crippen molar-refractivity contribution in [2.45, 2.75) is 13.0 Å². The molecule has 2 rings (SSSR count). The third-order valence-electron chi connectivity index (χ3n) is 2.67. The second kappa shape index (κ2) is 5.27. The molecular formula is C13H13N3O2. The van der Waals surface area contributed by atoms with Crippen LogP contribution in [0.2, 0.25) is 0 Å². The van der Waals surface area contributed by atoms with Crippen molar-refractivity contribution in [3.63, 3.8) is 0 Å². The Bertz CT molecular complexity index is 526. The topological polar surface area (TPSA) is 68.1 Å². The summed E-state index contributed by atoms with van der Waals surface area (Å²) in [5, 5.41) is 13.8. The van der Waals surface area contributed by atoms with Crippen LogP contribution in [0.5, 0.6) is 0 Å². The van der Waals surface area contributed by atoms with Gasteiger partial charge in [0.25, 0.3) is 5.69 Å². The molecule has 1 aromatic carbocycles. The second-order valence-electron chi connectivity index (χ2n) is 3.95. The van der Waals surface area contributed by atoms with Gasteiger partial charge >= 0.3 is 0 Å². The lowest BCUT2D eigenvalue weighted by molar-refractivity contribution is -0.384. The third kappa shape index (κ3) is 2.82. The fourth-order valence-corrected chi connectivity index (χ4v) is 1.66. The van der Waals surface area contributed by atoms with Crippen LogP contribution in [0.25, 0.3) is 0 Å². The predicted molar refractivity (Wildman–Crippen MR) is 69.4 cm³/mol. The van der Waals surface area contributed by atoms with E-state index in [1.54, 1.807) is 24.5 Å². The van der Waals surface area contributed by atoms with Gasteiger partial charge in [-0.05, 0) is 36.8 Å². The van der Waals surface area contributed by atoms with Crippen LogP contribution in [0.3, 0.4) is 0 Å². The Hall–Kier alpha value is -2.43. The van der Waals surface area contributed by atoms with Crippen LogP contribution < -0.4 is 5.32 Å².